The van der Waals surface area contributed by atoms with Crippen molar-refractivity contribution in [1.82, 2.24) is 10.2 Å². The zero-order valence-corrected chi connectivity index (χ0v) is 9.28. The van der Waals surface area contributed by atoms with Crippen LogP contribution < -0.4 is 5.32 Å². The van der Waals surface area contributed by atoms with Crippen molar-refractivity contribution < 1.29 is 9.90 Å². The maximum atomic E-state index is 12.0. The maximum absolute atomic E-state index is 12.0. The molecule has 15 heavy (non-hydrogen) atoms. The number of nitrogens with zero attached hydrogens (tertiary/aromatic N) is 1. The van der Waals surface area contributed by atoms with Crippen LogP contribution in [0.25, 0.3) is 0 Å². The summed E-state index contributed by atoms with van der Waals surface area (Å²) in [6.07, 6.45) is 2.53. The van der Waals surface area contributed by atoms with Crippen molar-refractivity contribution in [2.24, 2.45) is 5.92 Å². The van der Waals surface area contributed by atoms with Crippen molar-refractivity contribution in [2.45, 2.75) is 38.3 Å². The zero-order valence-electron chi connectivity index (χ0n) is 9.28. The molecule has 0 aromatic rings. The van der Waals surface area contributed by atoms with E-state index in [0.29, 0.717) is 18.9 Å². The van der Waals surface area contributed by atoms with Gasteiger partial charge in [0.25, 0.3) is 0 Å². The zero-order chi connectivity index (χ0) is 10.8. The van der Waals surface area contributed by atoms with Gasteiger partial charge in [0.15, 0.2) is 0 Å². The molecule has 0 saturated carbocycles. The number of likely N-dealkylation sites (tertiary alicyclic amines) is 1. The van der Waals surface area contributed by atoms with Crippen LogP contribution in [-0.4, -0.2) is 47.7 Å². The lowest BCUT2D eigenvalue weighted by Crippen LogP contribution is -2.42. The van der Waals surface area contributed by atoms with E-state index < -0.39 is 0 Å². The van der Waals surface area contributed by atoms with Gasteiger partial charge in [-0.15, -0.1) is 0 Å². The highest BCUT2D eigenvalue weighted by Gasteiger charge is 2.34. The smallest absolute Gasteiger partial charge is 0.239 e. The van der Waals surface area contributed by atoms with Crippen LogP contribution >= 0.6 is 0 Å². The predicted octanol–water partition coefficient (Wildman–Crippen LogP) is -0.0323. The van der Waals surface area contributed by atoms with Crippen molar-refractivity contribution in [1.29, 1.82) is 0 Å². The maximum Gasteiger partial charge on any atom is 0.239 e. The fraction of sp³-hybridized carbons (Fsp3) is 0.909. The third-order valence-corrected chi connectivity index (χ3v) is 3.58. The quantitative estimate of drug-likeness (QED) is 0.676. The molecule has 1 amide bonds. The topological polar surface area (TPSA) is 52.6 Å². The largest absolute Gasteiger partial charge is 0.392 e. The fourth-order valence-corrected chi connectivity index (χ4v) is 2.49. The molecular formula is C11H20N2O2. The molecule has 0 radical (unpaired) electrons. The monoisotopic (exact) mass is 212 g/mol. The van der Waals surface area contributed by atoms with Crippen LogP contribution in [0.3, 0.4) is 0 Å². The third kappa shape index (κ3) is 2.32. The van der Waals surface area contributed by atoms with Crippen LogP contribution in [0.2, 0.25) is 0 Å². The molecule has 4 nitrogen and oxygen atoms in total. The number of rotatable bonds is 2. The Labute approximate surface area is 90.6 Å². The molecule has 4 heteroatoms. The Hall–Kier alpha value is -0.610. The molecule has 0 bridgehead atoms. The molecule has 2 saturated heterocycles. The van der Waals surface area contributed by atoms with Gasteiger partial charge in [0, 0.05) is 19.6 Å². The summed E-state index contributed by atoms with van der Waals surface area (Å²) in [6, 6.07) is -0.143. The van der Waals surface area contributed by atoms with Crippen molar-refractivity contribution in [2.75, 3.05) is 19.6 Å². The van der Waals surface area contributed by atoms with Crippen LogP contribution in [0, 0.1) is 5.92 Å². The van der Waals surface area contributed by atoms with Crippen molar-refractivity contribution in [3.05, 3.63) is 0 Å². The molecule has 1 unspecified atom stereocenters. The Kier molecular flexibility index (Phi) is 3.26. The molecule has 0 aromatic carbocycles. The van der Waals surface area contributed by atoms with Crippen LogP contribution in [0.5, 0.6) is 0 Å². The Bertz CT molecular complexity index is 245. The Morgan fingerprint density at radius 3 is 2.93 bits per heavy atom. The Morgan fingerprint density at radius 1 is 1.60 bits per heavy atom. The van der Waals surface area contributed by atoms with E-state index in [-0.39, 0.29) is 18.1 Å². The van der Waals surface area contributed by atoms with E-state index in [0.717, 1.165) is 25.9 Å². The van der Waals surface area contributed by atoms with Gasteiger partial charge >= 0.3 is 0 Å². The SMILES string of the molecule is CCC1CCN(C(=O)[C@H]2C[C@H](O)CN2)C1. The molecular weight excluding hydrogens is 192 g/mol. The lowest BCUT2D eigenvalue weighted by molar-refractivity contribution is -0.132. The van der Waals surface area contributed by atoms with Gasteiger partial charge in [0.05, 0.1) is 12.1 Å². The van der Waals surface area contributed by atoms with Crippen molar-refractivity contribution in [3.63, 3.8) is 0 Å². The van der Waals surface area contributed by atoms with Crippen molar-refractivity contribution >= 4 is 5.91 Å². The van der Waals surface area contributed by atoms with E-state index in [9.17, 15) is 9.90 Å². The number of amides is 1. The number of nitrogens with one attached hydrogen (secondary N) is 1. The van der Waals surface area contributed by atoms with Crippen LogP contribution in [0.4, 0.5) is 0 Å². The van der Waals surface area contributed by atoms with E-state index in [2.05, 4.69) is 12.2 Å². The minimum Gasteiger partial charge on any atom is -0.392 e. The molecule has 3 atom stereocenters. The first kappa shape index (κ1) is 10.9. The minimum atomic E-state index is -0.344. The average molecular weight is 212 g/mol. The summed E-state index contributed by atoms with van der Waals surface area (Å²) in [5, 5.41) is 12.4. The molecule has 2 heterocycles. The van der Waals surface area contributed by atoms with Gasteiger partial charge < -0.3 is 15.3 Å². The van der Waals surface area contributed by atoms with Gasteiger partial charge in [-0.25, -0.2) is 0 Å². The number of carbonyl (C=O) groups is 1. The van der Waals surface area contributed by atoms with Gasteiger partial charge in [0.2, 0.25) is 5.91 Å². The summed E-state index contributed by atoms with van der Waals surface area (Å²) < 4.78 is 0. The molecule has 2 N–H and O–H groups in total. The number of β-amino-alcohol motifs (C(OH)–C–C–N with tert-alkyl or cyclic N) is 1. The first-order valence-corrected chi connectivity index (χ1v) is 5.91. The van der Waals surface area contributed by atoms with Gasteiger partial charge in [-0.3, -0.25) is 4.79 Å². The Morgan fingerprint density at radius 2 is 2.40 bits per heavy atom. The minimum absolute atomic E-state index is 0.143. The van der Waals surface area contributed by atoms with E-state index >= 15 is 0 Å². The normalized spacial score (nSPS) is 36.1. The van der Waals surface area contributed by atoms with Crippen LogP contribution in [0.15, 0.2) is 0 Å². The fourth-order valence-electron chi connectivity index (χ4n) is 2.49. The third-order valence-electron chi connectivity index (χ3n) is 3.58. The number of hydrogen-bond acceptors (Lipinski definition) is 3. The van der Waals surface area contributed by atoms with E-state index in [1.165, 1.54) is 0 Å². The highest BCUT2D eigenvalue weighted by molar-refractivity contribution is 5.82. The summed E-state index contributed by atoms with van der Waals surface area (Å²) in [5.41, 5.74) is 0. The van der Waals surface area contributed by atoms with Gasteiger partial charge in [0.1, 0.15) is 0 Å². The van der Waals surface area contributed by atoms with Crippen LogP contribution in [0.1, 0.15) is 26.2 Å². The van der Waals surface area contributed by atoms with Gasteiger partial charge in [-0.05, 0) is 18.8 Å². The summed E-state index contributed by atoms with van der Waals surface area (Å²) in [6.45, 7) is 4.53. The number of hydrogen-bond donors (Lipinski definition) is 2. The predicted molar refractivity (Wildman–Crippen MR) is 57.4 cm³/mol. The number of aliphatic hydroxyl groups is 1. The second-order valence-corrected chi connectivity index (χ2v) is 4.70. The van der Waals surface area contributed by atoms with Crippen molar-refractivity contribution in [3.8, 4) is 0 Å². The highest BCUT2D eigenvalue weighted by atomic mass is 16.3. The summed E-state index contributed by atoms with van der Waals surface area (Å²) in [5.74, 6) is 0.864. The van der Waals surface area contributed by atoms with E-state index in [1.54, 1.807) is 0 Å². The average Bonchev–Trinajstić information content (AvgIpc) is 2.84. The molecule has 0 aromatic heterocycles. The van der Waals surface area contributed by atoms with Crippen LogP contribution in [-0.2, 0) is 4.79 Å². The molecule has 0 spiro atoms. The second-order valence-electron chi connectivity index (χ2n) is 4.70. The molecule has 2 rings (SSSR count). The second kappa shape index (κ2) is 4.49. The number of carbonyl (C=O) groups excluding carboxylic acids is 1. The molecule has 0 aliphatic carbocycles. The molecule has 86 valence electrons. The van der Waals surface area contributed by atoms with E-state index in [4.69, 9.17) is 0 Å². The molecule has 2 aliphatic heterocycles. The molecule has 2 aliphatic rings. The summed E-state index contributed by atoms with van der Waals surface area (Å²) in [7, 11) is 0. The first-order valence-electron chi connectivity index (χ1n) is 5.91. The highest BCUT2D eigenvalue weighted by Crippen LogP contribution is 2.21. The lowest BCUT2D eigenvalue weighted by Gasteiger charge is -2.20. The standard InChI is InChI=1S/C11H20N2O2/c1-2-8-3-4-13(7-8)11(15)10-5-9(14)6-12-10/h8-10,12,14H,2-7H2,1H3/t8?,9-,10+/m0/s1. The first-order chi connectivity index (χ1) is 7.20. The van der Waals surface area contributed by atoms with E-state index in [1.807, 2.05) is 4.90 Å². The van der Waals surface area contributed by atoms with Gasteiger partial charge in [-0.2, -0.15) is 0 Å². The summed E-state index contributed by atoms with van der Waals surface area (Å²) in [4.78, 5) is 14.0. The van der Waals surface area contributed by atoms with Gasteiger partial charge in [-0.1, -0.05) is 13.3 Å². The number of aliphatic hydroxyl groups excluding tert-OH is 1. The Balaban J connectivity index is 1.86. The lowest BCUT2D eigenvalue weighted by atomic mass is 10.1. The molecule has 2 fully saturated rings. The summed E-state index contributed by atoms with van der Waals surface area (Å²) >= 11 is 0.